The fourth-order valence-corrected chi connectivity index (χ4v) is 4.95. The molecule has 0 N–H and O–H groups in total. The van der Waals surface area contributed by atoms with Crippen molar-refractivity contribution in [1.82, 2.24) is 0 Å². The largest absolute Gasteiger partial charge is 0.243 e. The molecule has 0 spiro atoms. The molecule has 20 heavy (non-hydrogen) atoms. The third-order valence-corrected chi connectivity index (χ3v) is 7.70. The summed E-state index contributed by atoms with van der Waals surface area (Å²) in [5.41, 5.74) is -0.0957. The predicted molar refractivity (Wildman–Crippen MR) is 83.3 cm³/mol. The number of hydrogen-bond donors (Lipinski definition) is 0. The molecular weight excluding hydrogens is 247 g/mol. The van der Waals surface area contributed by atoms with E-state index >= 15 is 4.39 Å². The van der Waals surface area contributed by atoms with Crippen molar-refractivity contribution in [2.75, 3.05) is 0 Å². The minimum absolute atomic E-state index is 0.244. The molecular formula is C19H33F. The maximum atomic E-state index is 15.3. The van der Waals surface area contributed by atoms with Crippen molar-refractivity contribution in [2.24, 2.45) is 40.4 Å². The van der Waals surface area contributed by atoms with Crippen molar-refractivity contribution in [3.05, 3.63) is 0 Å². The third kappa shape index (κ3) is 2.15. The zero-order chi connectivity index (χ0) is 14.9. The van der Waals surface area contributed by atoms with Crippen LogP contribution in [0.25, 0.3) is 0 Å². The second-order valence-electron chi connectivity index (χ2n) is 9.48. The van der Waals surface area contributed by atoms with Gasteiger partial charge in [0.25, 0.3) is 0 Å². The van der Waals surface area contributed by atoms with Crippen molar-refractivity contribution in [1.29, 1.82) is 0 Å². The fraction of sp³-hybridized carbons (Fsp3) is 1.00. The first-order valence-corrected chi connectivity index (χ1v) is 8.81. The number of alkyl halides is 1. The molecule has 3 rings (SSSR count). The van der Waals surface area contributed by atoms with Crippen LogP contribution in [0.3, 0.4) is 0 Å². The van der Waals surface area contributed by atoms with E-state index in [-0.39, 0.29) is 11.3 Å². The van der Waals surface area contributed by atoms with Gasteiger partial charge in [-0.15, -0.1) is 0 Å². The Morgan fingerprint density at radius 1 is 1.15 bits per heavy atom. The van der Waals surface area contributed by atoms with E-state index in [1.807, 2.05) is 0 Å². The van der Waals surface area contributed by atoms with Crippen LogP contribution in [0.4, 0.5) is 4.39 Å². The van der Waals surface area contributed by atoms with E-state index in [1.54, 1.807) is 0 Å². The maximum Gasteiger partial charge on any atom is 0.117 e. The summed E-state index contributed by atoms with van der Waals surface area (Å²) in [6, 6.07) is 0. The molecule has 3 fully saturated rings. The van der Waals surface area contributed by atoms with E-state index in [9.17, 15) is 0 Å². The summed E-state index contributed by atoms with van der Waals surface area (Å²) in [4.78, 5) is 0. The van der Waals surface area contributed by atoms with Gasteiger partial charge < -0.3 is 0 Å². The molecule has 0 heterocycles. The first-order chi connectivity index (χ1) is 9.12. The van der Waals surface area contributed by atoms with Crippen LogP contribution in [0, 0.1) is 40.4 Å². The fourth-order valence-electron chi connectivity index (χ4n) is 4.95. The van der Waals surface area contributed by atoms with Gasteiger partial charge in [0.05, 0.1) is 0 Å². The highest BCUT2D eigenvalue weighted by Gasteiger charge is 2.67. The van der Waals surface area contributed by atoms with Crippen molar-refractivity contribution < 1.29 is 4.39 Å². The molecule has 3 aliphatic rings. The Morgan fingerprint density at radius 3 is 2.20 bits per heavy atom. The molecule has 0 bridgehead atoms. The minimum atomic E-state index is -0.841. The topological polar surface area (TPSA) is 0 Å². The Balaban J connectivity index is 1.58. The van der Waals surface area contributed by atoms with Crippen LogP contribution in [-0.4, -0.2) is 5.67 Å². The van der Waals surface area contributed by atoms with Gasteiger partial charge in [0, 0.05) is 5.92 Å². The summed E-state index contributed by atoms with van der Waals surface area (Å²) in [5, 5.41) is 0. The monoisotopic (exact) mass is 280 g/mol. The molecule has 0 nitrogen and oxygen atoms in total. The van der Waals surface area contributed by atoms with Crippen LogP contribution in [0.15, 0.2) is 0 Å². The third-order valence-electron chi connectivity index (χ3n) is 7.70. The van der Waals surface area contributed by atoms with Gasteiger partial charge in [0.2, 0.25) is 0 Å². The predicted octanol–water partition coefficient (Wildman–Crippen LogP) is 5.86. The highest BCUT2D eigenvalue weighted by molar-refractivity contribution is 5.16. The van der Waals surface area contributed by atoms with E-state index in [0.717, 1.165) is 30.6 Å². The Morgan fingerprint density at radius 2 is 1.75 bits per heavy atom. The standard InChI is InChI=1S/C19H33F/c1-12(2)18(6)10-15(18)9-13(3)19(20)11-16(19)17(4,5)14-7-8-14/h12-16H,7-11H2,1-6H3. The van der Waals surface area contributed by atoms with Crippen LogP contribution >= 0.6 is 0 Å². The number of hydrogen-bond acceptors (Lipinski definition) is 0. The molecule has 3 aliphatic carbocycles. The van der Waals surface area contributed by atoms with Crippen LogP contribution in [0.2, 0.25) is 0 Å². The molecule has 5 atom stereocenters. The van der Waals surface area contributed by atoms with Crippen LogP contribution in [0.1, 0.15) is 73.6 Å². The van der Waals surface area contributed by atoms with Crippen LogP contribution in [-0.2, 0) is 0 Å². The summed E-state index contributed by atoms with van der Waals surface area (Å²) >= 11 is 0. The van der Waals surface area contributed by atoms with Crippen LogP contribution < -0.4 is 0 Å². The molecule has 3 saturated carbocycles. The summed E-state index contributed by atoms with van der Waals surface area (Å²) in [5.74, 6) is 2.92. The average molecular weight is 280 g/mol. The normalized spacial score (nSPS) is 45.6. The highest BCUT2D eigenvalue weighted by atomic mass is 19.1. The van der Waals surface area contributed by atoms with Crippen LogP contribution in [0.5, 0.6) is 0 Å². The molecule has 1 heteroatoms. The van der Waals surface area contributed by atoms with Crippen molar-refractivity contribution >= 4 is 0 Å². The van der Waals surface area contributed by atoms with E-state index in [2.05, 4.69) is 41.5 Å². The van der Waals surface area contributed by atoms with E-state index < -0.39 is 5.67 Å². The smallest absolute Gasteiger partial charge is 0.117 e. The second-order valence-corrected chi connectivity index (χ2v) is 9.48. The highest BCUT2D eigenvalue weighted by Crippen LogP contribution is 2.69. The lowest BCUT2D eigenvalue weighted by Crippen LogP contribution is -2.27. The Labute approximate surface area is 124 Å². The van der Waals surface area contributed by atoms with E-state index in [1.165, 1.54) is 19.3 Å². The summed E-state index contributed by atoms with van der Waals surface area (Å²) in [7, 11) is 0. The van der Waals surface area contributed by atoms with Gasteiger partial charge >= 0.3 is 0 Å². The molecule has 116 valence electrons. The van der Waals surface area contributed by atoms with Gasteiger partial charge in [-0.3, -0.25) is 0 Å². The zero-order valence-corrected chi connectivity index (χ0v) is 14.3. The Bertz CT molecular complexity index is 395. The molecule has 0 aromatic carbocycles. The van der Waals surface area contributed by atoms with Gasteiger partial charge in [-0.25, -0.2) is 4.39 Å². The molecule has 0 radical (unpaired) electrons. The van der Waals surface area contributed by atoms with E-state index in [4.69, 9.17) is 0 Å². The van der Waals surface area contributed by atoms with E-state index in [0.29, 0.717) is 11.3 Å². The summed E-state index contributed by atoms with van der Waals surface area (Å²) < 4.78 is 15.3. The minimum Gasteiger partial charge on any atom is -0.243 e. The van der Waals surface area contributed by atoms with Crippen molar-refractivity contribution in [3.8, 4) is 0 Å². The molecule has 0 aromatic heterocycles. The SMILES string of the molecule is CC(C)C1(C)CC1CC(C)C1(F)CC1C(C)(C)C1CC1. The molecule has 0 aliphatic heterocycles. The van der Waals surface area contributed by atoms with Gasteiger partial charge in [-0.1, -0.05) is 41.5 Å². The molecule has 0 saturated heterocycles. The summed E-state index contributed by atoms with van der Waals surface area (Å²) in [6.45, 7) is 13.9. The molecule has 0 amide bonds. The zero-order valence-electron chi connectivity index (χ0n) is 14.3. The second kappa shape index (κ2) is 4.23. The number of rotatable bonds is 6. The molecule has 0 aromatic rings. The first kappa shape index (κ1) is 14.9. The van der Waals surface area contributed by atoms with Gasteiger partial charge in [0.1, 0.15) is 5.67 Å². The van der Waals surface area contributed by atoms with Crippen molar-refractivity contribution in [2.45, 2.75) is 79.3 Å². The quantitative estimate of drug-likeness (QED) is 0.571. The lowest BCUT2D eigenvalue weighted by atomic mass is 9.78. The summed E-state index contributed by atoms with van der Waals surface area (Å²) in [6.07, 6.45) is 5.94. The number of halogens is 1. The Hall–Kier alpha value is -0.0700. The average Bonchev–Trinajstić information content (AvgIpc) is 3.15. The lowest BCUT2D eigenvalue weighted by molar-refractivity contribution is 0.117. The molecule has 5 unspecified atom stereocenters. The van der Waals surface area contributed by atoms with Gasteiger partial charge in [-0.2, -0.15) is 0 Å². The van der Waals surface area contributed by atoms with Gasteiger partial charge in [0.15, 0.2) is 0 Å². The first-order valence-electron chi connectivity index (χ1n) is 8.81. The maximum absolute atomic E-state index is 15.3. The lowest BCUT2D eigenvalue weighted by Gasteiger charge is -2.29. The Kier molecular flexibility index (Phi) is 3.14. The van der Waals surface area contributed by atoms with Crippen molar-refractivity contribution in [3.63, 3.8) is 0 Å². The van der Waals surface area contributed by atoms with Gasteiger partial charge in [-0.05, 0) is 66.6 Å².